The number of methoxy groups -OCH3 is 1. The molecule has 0 fully saturated rings. The van der Waals surface area contributed by atoms with Gasteiger partial charge in [0.2, 0.25) is 0 Å². The molecule has 0 aliphatic carbocycles. The molecule has 0 saturated heterocycles. The Hall–Kier alpha value is -1.63. The van der Waals surface area contributed by atoms with Gasteiger partial charge in [-0.1, -0.05) is 23.7 Å². The SMILES string of the molecule is COCCNC(=O)NCc1nc(-c2ccc(Cl)cc2)cs1. The molecule has 2 N–H and O–H groups in total. The standard InChI is InChI=1S/C14H16ClN3O2S/c1-20-7-6-16-14(19)17-8-13-18-12(9-21-13)10-2-4-11(15)5-3-10/h2-5,9H,6-8H2,1H3,(H2,16,17,19). The topological polar surface area (TPSA) is 63.2 Å². The third-order valence-electron chi connectivity index (χ3n) is 2.68. The quantitative estimate of drug-likeness (QED) is 0.803. The Morgan fingerprint density at radius 3 is 2.81 bits per heavy atom. The summed E-state index contributed by atoms with van der Waals surface area (Å²) in [6.07, 6.45) is 0. The van der Waals surface area contributed by atoms with Gasteiger partial charge >= 0.3 is 6.03 Å². The van der Waals surface area contributed by atoms with E-state index in [0.29, 0.717) is 24.7 Å². The van der Waals surface area contributed by atoms with E-state index in [9.17, 15) is 4.79 Å². The summed E-state index contributed by atoms with van der Waals surface area (Å²) in [6.45, 7) is 1.37. The van der Waals surface area contributed by atoms with Gasteiger partial charge in [-0.05, 0) is 12.1 Å². The van der Waals surface area contributed by atoms with Crippen LogP contribution in [0.15, 0.2) is 29.6 Å². The van der Waals surface area contributed by atoms with Crippen molar-refractivity contribution in [2.24, 2.45) is 0 Å². The second-order valence-electron chi connectivity index (χ2n) is 4.24. The lowest BCUT2D eigenvalue weighted by Crippen LogP contribution is -2.36. The number of hydrogen-bond acceptors (Lipinski definition) is 4. The molecule has 112 valence electrons. The number of carbonyl (C=O) groups is 1. The molecule has 0 aliphatic heterocycles. The smallest absolute Gasteiger partial charge is 0.315 e. The summed E-state index contributed by atoms with van der Waals surface area (Å²) in [4.78, 5) is 16.0. The molecular weight excluding hydrogens is 310 g/mol. The second kappa shape index (κ2) is 7.97. The molecule has 7 heteroatoms. The average molecular weight is 326 g/mol. The molecule has 0 radical (unpaired) electrons. The fourth-order valence-electron chi connectivity index (χ4n) is 1.63. The number of urea groups is 1. The maximum atomic E-state index is 11.5. The number of aromatic nitrogens is 1. The second-order valence-corrected chi connectivity index (χ2v) is 5.61. The zero-order valence-electron chi connectivity index (χ0n) is 11.6. The number of carbonyl (C=O) groups excluding carboxylic acids is 1. The molecule has 1 aromatic heterocycles. The van der Waals surface area contributed by atoms with Crippen LogP contribution in [-0.2, 0) is 11.3 Å². The molecule has 2 rings (SSSR count). The van der Waals surface area contributed by atoms with Crippen LogP contribution in [0.5, 0.6) is 0 Å². The molecule has 0 unspecified atom stereocenters. The van der Waals surface area contributed by atoms with Gasteiger partial charge < -0.3 is 15.4 Å². The number of rotatable bonds is 6. The van der Waals surface area contributed by atoms with E-state index < -0.39 is 0 Å². The maximum absolute atomic E-state index is 11.5. The number of nitrogens with zero attached hydrogens (tertiary/aromatic N) is 1. The van der Waals surface area contributed by atoms with Crippen molar-refractivity contribution < 1.29 is 9.53 Å². The molecule has 0 aliphatic rings. The molecular formula is C14H16ClN3O2S. The Balaban J connectivity index is 1.86. The van der Waals surface area contributed by atoms with Gasteiger partial charge in [-0.3, -0.25) is 0 Å². The molecule has 0 saturated carbocycles. The van der Waals surface area contributed by atoms with E-state index in [1.54, 1.807) is 7.11 Å². The molecule has 0 bridgehead atoms. The van der Waals surface area contributed by atoms with Crippen LogP contribution < -0.4 is 10.6 Å². The van der Waals surface area contributed by atoms with E-state index in [0.717, 1.165) is 16.3 Å². The minimum absolute atomic E-state index is 0.227. The number of hydrogen-bond donors (Lipinski definition) is 2. The predicted octanol–water partition coefficient (Wildman–Crippen LogP) is 2.91. The van der Waals surface area contributed by atoms with Crippen LogP contribution in [0, 0.1) is 0 Å². The minimum atomic E-state index is -0.227. The molecule has 1 aromatic carbocycles. The monoisotopic (exact) mass is 325 g/mol. The first-order valence-corrected chi connectivity index (χ1v) is 7.66. The number of halogens is 1. The third kappa shape index (κ3) is 5.00. The lowest BCUT2D eigenvalue weighted by molar-refractivity contribution is 0.196. The number of ether oxygens (including phenoxy) is 1. The molecule has 2 amide bonds. The summed E-state index contributed by atoms with van der Waals surface area (Å²) in [5.74, 6) is 0. The van der Waals surface area contributed by atoms with Gasteiger partial charge in [-0.2, -0.15) is 0 Å². The first-order chi connectivity index (χ1) is 10.2. The number of amides is 2. The predicted molar refractivity (Wildman–Crippen MR) is 84.7 cm³/mol. The number of nitrogens with one attached hydrogen (secondary N) is 2. The average Bonchev–Trinajstić information content (AvgIpc) is 2.95. The van der Waals surface area contributed by atoms with Gasteiger partial charge in [0.05, 0.1) is 18.8 Å². The lowest BCUT2D eigenvalue weighted by Gasteiger charge is -2.05. The van der Waals surface area contributed by atoms with Crippen molar-refractivity contribution in [3.8, 4) is 11.3 Å². The van der Waals surface area contributed by atoms with Crippen LogP contribution in [0.3, 0.4) is 0 Å². The molecule has 5 nitrogen and oxygen atoms in total. The number of thiazole rings is 1. The van der Waals surface area contributed by atoms with Crippen molar-refractivity contribution in [3.63, 3.8) is 0 Å². The minimum Gasteiger partial charge on any atom is -0.383 e. The summed E-state index contributed by atoms with van der Waals surface area (Å²) in [5.41, 5.74) is 1.89. The maximum Gasteiger partial charge on any atom is 0.315 e. The Labute approximate surface area is 132 Å². The van der Waals surface area contributed by atoms with Crippen LogP contribution in [0.1, 0.15) is 5.01 Å². The van der Waals surface area contributed by atoms with Crippen molar-refractivity contribution >= 4 is 29.0 Å². The molecule has 2 aromatic rings. The van der Waals surface area contributed by atoms with E-state index in [1.807, 2.05) is 29.6 Å². The van der Waals surface area contributed by atoms with Crippen molar-refractivity contribution in [1.29, 1.82) is 0 Å². The summed E-state index contributed by atoms with van der Waals surface area (Å²) in [6, 6.07) is 7.28. The largest absolute Gasteiger partial charge is 0.383 e. The summed E-state index contributed by atoms with van der Waals surface area (Å²) >= 11 is 7.37. The van der Waals surface area contributed by atoms with Gasteiger partial charge in [0, 0.05) is 29.6 Å². The van der Waals surface area contributed by atoms with Crippen molar-refractivity contribution in [2.45, 2.75) is 6.54 Å². The Morgan fingerprint density at radius 1 is 1.33 bits per heavy atom. The van der Waals surface area contributed by atoms with Gasteiger partial charge in [0.15, 0.2) is 0 Å². The van der Waals surface area contributed by atoms with E-state index >= 15 is 0 Å². The summed E-state index contributed by atoms with van der Waals surface area (Å²) in [5, 5.41) is 8.95. The normalized spacial score (nSPS) is 10.4. The highest BCUT2D eigenvalue weighted by atomic mass is 35.5. The zero-order chi connectivity index (χ0) is 15.1. The molecule has 0 spiro atoms. The van der Waals surface area contributed by atoms with Crippen molar-refractivity contribution in [3.05, 3.63) is 39.7 Å². The van der Waals surface area contributed by atoms with E-state index in [-0.39, 0.29) is 6.03 Å². The summed E-state index contributed by atoms with van der Waals surface area (Å²) in [7, 11) is 1.59. The molecule has 21 heavy (non-hydrogen) atoms. The first kappa shape index (κ1) is 15.8. The van der Waals surface area contributed by atoms with Crippen molar-refractivity contribution in [2.75, 3.05) is 20.3 Å². The van der Waals surface area contributed by atoms with Crippen LogP contribution >= 0.6 is 22.9 Å². The van der Waals surface area contributed by atoms with E-state index in [4.69, 9.17) is 16.3 Å². The van der Waals surface area contributed by atoms with Gasteiger partial charge in [0.1, 0.15) is 5.01 Å². The Morgan fingerprint density at radius 2 is 2.10 bits per heavy atom. The Bertz CT molecular complexity index is 586. The fourth-order valence-corrected chi connectivity index (χ4v) is 2.50. The van der Waals surface area contributed by atoms with Crippen LogP contribution in [0.25, 0.3) is 11.3 Å². The molecule has 0 atom stereocenters. The van der Waals surface area contributed by atoms with Crippen LogP contribution in [-0.4, -0.2) is 31.3 Å². The van der Waals surface area contributed by atoms with Crippen LogP contribution in [0.2, 0.25) is 5.02 Å². The van der Waals surface area contributed by atoms with E-state index in [2.05, 4.69) is 15.6 Å². The summed E-state index contributed by atoms with van der Waals surface area (Å²) < 4.78 is 4.85. The van der Waals surface area contributed by atoms with E-state index in [1.165, 1.54) is 11.3 Å². The van der Waals surface area contributed by atoms with Crippen LogP contribution in [0.4, 0.5) is 4.79 Å². The van der Waals surface area contributed by atoms with Gasteiger partial charge in [0.25, 0.3) is 0 Å². The highest BCUT2D eigenvalue weighted by molar-refractivity contribution is 7.09. The Kier molecular flexibility index (Phi) is 5.98. The highest BCUT2D eigenvalue weighted by Crippen LogP contribution is 2.23. The van der Waals surface area contributed by atoms with Crippen molar-refractivity contribution in [1.82, 2.24) is 15.6 Å². The number of benzene rings is 1. The van der Waals surface area contributed by atoms with Gasteiger partial charge in [-0.25, -0.2) is 9.78 Å². The first-order valence-electron chi connectivity index (χ1n) is 6.40. The highest BCUT2D eigenvalue weighted by Gasteiger charge is 2.06. The molecule has 1 heterocycles. The zero-order valence-corrected chi connectivity index (χ0v) is 13.1. The third-order valence-corrected chi connectivity index (χ3v) is 3.78. The van der Waals surface area contributed by atoms with Gasteiger partial charge in [-0.15, -0.1) is 11.3 Å². The lowest BCUT2D eigenvalue weighted by atomic mass is 10.2. The fraction of sp³-hybridized carbons (Fsp3) is 0.286.